The van der Waals surface area contributed by atoms with Gasteiger partial charge in [-0.05, 0) is 65.4 Å². The first-order valence-corrected chi connectivity index (χ1v) is 10.5. The zero-order valence-electron chi connectivity index (χ0n) is 15.2. The van der Waals surface area contributed by atoms with E-state index in [0.717, 1.165) is 33.1 Å². The molecule has 0 atom stereocenters. The highest BCUT2D eigenvalue weighted by Crippen LogP contribution is 2.34. The van der Waals surface area contributed by atoms with Crippen molar-refractivity contribution in [2.75, 3.05) is 0 Å². The first-order chi connectivity index (χ1) is 14.1. The van der Waals surface area contributed by atoms with E-state index in [-0.39, 0.29) is 17.7 Å². The Bertz CT molecular complexity index is 1080. The monoisotopic (exact) mass is 465 g/mol. The van der Waals surface area contributed by atoms with Gasteiger partial charge in [-0.1, -0.05) is 58.4 Å². The number of thioether (sulfide) groups is 1. The number of rotatable bonds is 5. The van der Waals surface area contributed by atoms with Gasteiger partial charge < -0.3 is 4.74 Å². The van der Waals surface area contributed by atoms with E-state index in [1.165, 1.54) is 4.90 Å². The fourth-order valence-electron chi connectivity index (χ4n) is 2.85. The van der Waals surface area contributed by atoms with Crippen LogP contribution in [0, 0.1) is 0 Å². The van der Waals surface area contributed by atoms with Crippen LogP contribution in [0.4, 0.5) is 4.79 Å². The number of ether oxygens (including phenoxy) is 1. The van der Waals surface area contributed by atoms with Crippen molar-refractivity contribution >= 4 is 44.9 Å². The Kier molecular flexibility index (Phi) is 5.83. The van der Waals surface area contributed by atoms with E-state index in [0.29, 0.717) is 10.7 Å². The van der Waals surface area contributed by atoms with Gasteiger partial charge in [0.1, 0.15) is 11.5 Å². The van der Waals surface area contributed by atoms with Crippen LogP contribution in [0.2, 0.25) is 0 Å². The molecular weight excluding hydrogens is 450 g/mol. The average Bonchev–Trinajstić information content (AvgIpc) is 2.98. The fraction of sp³-hybridized carbons (Fsp3) is 0.0435. The summed E-state index contributed by atoms with van der Waals surface area (Å²) in [5.74, 6) is 1.12. The topological polar surface area (TPSA) is 46.6 Å². The maximum atomic E-state index is 12.7. The molecule has 0 bridgehead atoms. The highest BCUT2D eigenvalue weighted by Gasteiger charge is 2.34. The first kappa shape index (κ1) is 19.5. The Hall–Kier alpha value is -2.83. The summed E-state index contributed by atoms with van der Waals surface area (Å²) in [7, 11) is 0. The van der Waals surface area contributed by atoms with Crippen LogP contribution in [0.3, 0.4) is 0 Å². The summed E-state index contributed by atoms with van der Waals surface area (Å²) in [6.45, 7) is 0.256. The number of nitrogens with zero attached hydrogens (tertiary/aromatic N) is 1. The molecule has 0 N–H and O–H groups in total. The lowest BCUT2D eigenvalue weighted by Crippen LogP contribution is -2.27. The molecule has 3 aromatic rings. The molecule has 0 unspecified atom stereocenters. The maximum absolute atomic E-state index is 12.7. The SMILES string of the molecule is O=C1S/C(=C/c2cccc(Oc3ccccc3)c2)C(=O)N1Cc1ccc(Br)cc1. The number of carbonyl (C=O) groups is 2. The number of imide groups is 1. The second kappa shape index (κ2) is 8.68. The Balaban J connectivity index is 1.51. The molecule has 0 aromatic heterocycles. The Morgan fingerprint density at radius 2 is 1.62 bits per heavy atom. The number of carbonyl (C=O) groups excluding carboxylic acids is 2. The van der Waals surface area contributed by atoms with Gasteiger partial charge in [0.25, 0.3) is 11.1 Å². The molecule has 3 aromatic carbocycles. The van der Waals surface area contributed by atoms with E-state index in [1.807, 2.05) is 78.9 Å². The molecule has 1 aliphatic heterocycles. The van der Waals surface area contributed by atoms with Crippen LogP contribution in [0.5, 0.6) is 11.5 Å². The smallest absolute Gasteiger partial charge is 0.293 e. The van der Waals surface area contributed by atoms with E-state index in [9.17, 15) is 9.59 Å². The molecule has 2 amide bonds. The third-order valence-corrected chi connectivity index (χ3v) is 5.70. The third-order valence-electron chi connectivity index (χ3n) is 4.26. The summed E-state index contributed by atoms with van der Waals surface area (Å²) in [6.07, 6.45) is 1.73. The van der Waals surface area contributed by atoms with Crippen molar-refractivity contribution in [2.24, 2.45) is 0 Å². The Labute approximate surface area is 181 Å². The Morgan fingerprint density at radius 1 is 0.897 bits per heavy atom. The van der Waals surface area contributed by atoms with Gasteiger partial charge in [0, 0.05) is 4.47 Å². The van der Waals surface area contributed by atoms with Gasteiger partial charge in [0.2, 0.25) is 0 Å². The van der Waals surface area contributed by atoms with Crippen molar-refractivity contribution in [3.05, 3.63) is 99.4 Å². The lowest BCUT2D eigenvalue weighted by Gasteiger charge is -2.12. The van der Waals surface area contributed by atoms with Gasteiger partial charge in [-0.3, -0.25) is 14.5 Å². The second-order valence-electron chi connectivity index (χ2n) is 6.38. The molecule has 0 saturated carbocycles. The zero-order valence-corrected chi connectivity index (χ0v) is 17.7. The molecule has 4 rings (SSSR count). The van der Waals surface area contributed by atoms with Gasteiger partial charge in [-0.25, -0.2) is 0 Å². The van der Waals surface area contributed by atoms with Crippen LogP contribution in [0.1, 0.15) is 11.1 Å². The predicted octanol–water partition coefficient (Wildman–Crippen LogP) is 6.48. The third kappa shape index (κ3) is 4.78. The summed E-state index contributed by atoms with van der Waals surface area (Å²) < 4.78 is 6.79. The predicted molar refractivity (Wildman–Crippen MR) is 119 cm³/mol. The van der Waals surface area contributed by atoms with Crippen LogP contribution in [-0.2, 0) is 11.3 Å². The minimum absolute atomic E-state index is 0.256. The van der Waals surface area contributed by atoms with Crippen molar-refractivity contribution in [1.29, 1.82) is 0 Å². The number of halogens is 1. The molecule has 0 radical (unpaired) electrons. The van der Waals surface area contributed by atoms with Crippen molar-refractivity contribution in [3.63, 3.8) is 0 Å². The molecular formula is C23H16BrNO3S. The average molecular weight is 466 g/mol. The highest BCUT2D eigenvalue weighted by atomic mass is 79.9. The molecule has 6 heteroatoms. The lowest BCUT2D eigenvalue weighted by molar-refractivity contribution is -0.123. The molecule has 0 spiro atoms. The Morgan fingerprint density at radius 3 is 2.38 bits per heavy atom. The molecule has 1 fully saturated rings. The summed E-state index contributed by atoms with van der Waals surface area (Å²) in [5.41, 5.74) is 1.70. The minimum atomic E-state index is -0.280. The molecule has 144 valence electrons. The van der Waals surface area contributed by atoms with Crippen LogP contribution < -0.4 is 4.74 Å². The van der Waals surface area contributed by atoms with Crippen molar-refractivity contribution in [3.8, 4) is 11.5 Å². The standard InChI is InChI=1S/C23H16BrNO3S/c24-18-11-9-16(10-12-18)15-25-22(26)21(29-23(25)27)14-17-5-4-8-20(13-17)28-19-6-2-1-3-7-19/h1-14H,15H2/b21-14+. The summed E-state index contributed by atoms with van der Waals surface area (Å²) in [6, 6.07) is 24.5. The van der Waals surface area contributed by atoms with Crippen molar-refractivity contribution in [1.82, 2.24) is 4.90 Å². The molecule has 1 aliphatic rings. The summed E-state index contributed by atoms with van der Waals surface area (Å²) in [5, 5.41) is -0.263. The highest BCUT2D eigenvalue weighted by molar-refractivity contribution is 9.10. The largest absolute Gasteiger partial charge is 0.457 e. The molecule has 1 saturated heterocycles. The molecule has 4 nitrogen and oxygen atoms in total. The van der Waals surface area contributed by atoms with E-state index in [2.05, 4.69) is 15.9 Å². The van der Waals surface area contributed by atoms with Crippen LogP contribution in [0.15, 0.2) is 88.2 Å². The molecule has 29 heavy (non-hydrogen) atoms. The van der Waals surface area contributed by atoms with Crippen LogP contribution in [0.25, 0.3) is 6.08 Å². The molecule has 0 aliphatic carbocycles. The minimum Gasteiger partial charge on any atom is -0.457 e. The maximum Gasteiger partial charge on any atom is 0.293 e. The van der Waals surface area contributed by atoms with Gasteiger partial charge >= 0.3 is 0 Å². The van der Waals surface area contributed by atoms with E-state index >= 15 is 0 Å². The number of amides is 2. The molecule has 1 heterocycles. The van der Waals surface area contributed by atoms with Crippen molar-refractivity contribution < 1.29 is 14.3 Å². The van der Waals surface area contributed by atoms with Crippen LogP contribution >= 0.6 is 27.7 Å². The quantitative estimate of drug-likeness (QED) is 0.404. The van der Waals surface area contributed by atoms with E-state index in [4.69, 9.17) is 4.74 Å². The van der Waals surface area contributed by atoms with Gasteiger partial charge in [-0.2, -0.15) is 0 Å². The van der Waals surface area contributed by atoms with Crippen molar-refractivity contribution in [2.45, 2.75) is 6.54 Å². The number of hydrogen-bond acceptors (Lipinski definition) is 4. The zero-order chi connectivity index (χ0) is 20.2. The number of benzene rings is 3. The number of hydrogen-bond donors (Lipinski definition) is 0. The lowest BCUT2D eigenvalue weighted by atomic mass is 10.2. The van der Waals surface area contributed by atoms with Crippen LogP contribution in [-0.4, -0.2) is 16.0 Å². The normalized spacial score (nSPS) is 15.2. The fourth-order valence-corrected chi connectivity index (χ4v) is 3.96. The van der Waals surface area contributed by atoms with E-state index < -0.39 is 0 Å². The first-order valence-electron chi connectivity index (χ1n) is 8.91. The van der Waals surface area contributed by atoms with E-state index in [1.54, 1.807) is 6.08 Å². The summed E-state index contributed by atoms with van der Waals surface area (Å²) in [4.78, 5) is 26.8. The van der Waals surface area contributed by atoms with Gasteiger partial charge in [0.05, 0.1) is 11.4 Å². The summed E-state index contributed by atoms with van der Waals surface area (Å²) >= 11 is 4.34. The van der Waals surface area contributed by atoms with Gasteiger partial charge in [-0.15, -0.1) is 0 Å². The number of para-hydroxylation sites is 1. The second-order valence-corrected chi connectivity index (χ2v) is 8.29. The van der Waals surface area contributed by atoms with Gasteiger partial charge in [0.15, 0.2) is 0 Å².